The Bertz CT molecular complexity index is 456. The Balaban J connectivity index is 1.74. The van der Waals surface area contributed by atoms with Gasteiger partial charge < -0.3 is 4.74 Å². The Morgan fingerprint density at radius 1 is 1.41 bits per heavy atom. The summed E-state index contributed by atoms with van der Waals surface area (Å²) in [4.78, 5) is 0. The van der Waals surface area contributed by atoms with Crippen molar-refractivity contribution in [3.8, 4) is 5.75 Å². The summed E-state index contributed by atoms with van der Waals surface area (Å²) in [6, 6.07) is 7.97. The summed E-state index contributed by atoms with van der Waals surface area (Å²) in [6.07, 6.45) is 3.61. The first-order valence-corrected chi connectivity index (χ1v) is 7.45. The number of hydrogen-bond acceptors (Lipinski definition) is 4. The third-order valence-corrected chi connectivity index (χ3v) is 3.28. The van der Waals surface area contributed by atoms with Gasteiger partial charge in [-0.05, 0) is 24.5 Å². The van der Waals surface area contributed by atoms with Crippen LogP contribution in [0.2, 0.25) is 0 Å². The van der Waals surface area contributed by atoms with Crippen LogP contribution < -0.4 is 4.74 Å². The minimum atomic E-state index is -3.31. The van der Waals surface area contributed by atoms with E-state index in [4.69, 9.17) is 4.74 Å². The normalized spacial score (nSPS) is 18.8. The zero-order chi connectivity index (χ0) is 12.3. The van der Waals surface area contributed by atoms with E-state index in [1.54, 1.807) is 0 Å². The molecule has 0 saturated carbocycles. The van der Waals surface area contributed by atoms with Gasteiger partial charge in [0.25, 0.3) is 10.1 Å². The fourth-order valence-electron chi connectivity index (χ4n) is 1.94. The van der Waals surface area contributed by atoms with Crippen molar-refractivity contribution in [2.75, 3.05) is 12.9 Å². The molecular formula is C12H16O4S. The molecule has 1 aliphatic heterocycles. The zero-order valence-electron chi connectivity index (χ0n) is 9.76. The smallest absolute Gasteiger partial charge is 0.264 e. The molecule has 1 atom stereocenters. The van der Waals surface area contributed by atoms with Gasteiger partial charge in [0, 0.05) is 6.42 Å². The van der Waals surface area contributed by atoms with Gasteiger partial charge in [0.1, 0.15) is 11.9 Å². The molecule has 0 spiro atoms. The van der Waals surface area contributed by atoms with Gasteiger partial charge in [-0.3, -0.25) is 4.18 Å². The quantitative estimate of drug-likeness (QED) is 0.595. The van der Waals surface area contributed by atoms with E-state index in [9.17, 15) is 8.42 Å². The molecule has 1 heterocycles. The molecule has 1 aliphatic rings. The molecule has 0 aromatic heterocycles. The van der Waals surface area contributed by atoms with Gasteiger partial charge in [-0.15, -0.1) is 0 Å². The largest absolute Gasteiger partial charge is 0.490 e. The highest BCUT2D eigenvalue weighted by Gasteiger charge is 2.21. The minimum Gasteiger partial charge on any atom is -0.490 e. The van der Waals surface area contributed by atoms with Crippen molar-refractivity contribution in [2.24, 2.45) is 0 Å². The Hall–Kier alpha value is -1.07. The fourth-order valence-corrected chi connectivity index (χ4v) is 2.36. The fraction of sp³-hybridized carbons (Fsp3) is 0.500. The molecule has 5 heteroatoms. The van der Waals surface area contributed by atoms with Gasteiger partial charge in [-0.1, -0.05) is 18.2 Å². The molecular weight excluding hydrogens is 240 g/mol. The molecule has 0 amide bonds. The first kappa shape index (κ1) is 12.4. The van der Waals surface area contributed by atoms with Gasteiger partial charge >= 0.3 is 0 Å². The van der Waals surface area contributed by atoms with E-state index in [2.05, 4.69) is 10.2 Å². The van der Waals surface area contributed by atoms with Crippen LogP contribution >= 0.6 is 0 Å². The average Bonchev–Trinajstić information content (AvgIpc) is 2.65. The summed E-state index contributed by atoms with van der Waals surface area (Å²) in [5.74, 6) is 0.946. The maximum atomic E-state index is 10.8. The Morgan fingerprint density at radius 2 is 2.18 bits per heavy atom. The summed E-state index contributed by atoms with van der Waals surface area (Å²) in [5, 5.41) is 0. The molecule has 0 fully saturated rings. The predicted molar refractivity (Wildman–Crippen MR) is 64.6 cm³/mol. The van der Waals surface area contributed by atoms with E-state index < -0.39 is 10.1 Å². The second kappa shape index (κ2) is 5.06. The maximum absolute atomic E-state index is 10.8. The first-order chi connectivity index (χ1) is 8.04. The van der Waals surface area contributed by atoms with Crippen LogP contribution in [0.15, 0.2) is 24.3 Å². The molecule has 0 N–H and O–H groups in total. The van der Waals surface area contributed by atoms with Crippen molar-refractivity contribution in [1.29, 1.82) is 0 Å². The van der Waals surface area contributed by atoms with Gasteiger partial charge in [0.05, 0.1) is 12.9 Å². The predicted octanol–water partition coefficient (Wildman–Crippen LogP) is 1.75. The highest BCUT2D eigenvalue weighted by molar-refractivity contribution is 7.85. The lowest BCUT2D eigenvalue weighted by atomic mass is 10.1. The number of benzene rings is 1. The first-order valence-electron chi connectivity index (χ1n) is 5.63. The molecule has 1 aromatic rings. The van der Waals surface area contributed by atoms with Crippen molar-refractivity contribution in [1.82, 2.24) is 0 Å². The SMILES string of the molecule is CS(=O)(=O)OCCCC1Cc2ccccc2O1. The summed E-state index contributed by atoms with van der Waals surface area (Å²) < 4.78 is 31.9. The maximum Gasteiger partial charge on any atom is 0.264 e. The molecule has 2 rings (SSSR count). The Morgan fingerprint density at radius 3 is 2.88 bits per heavy atom. The van der Waals surface area contributed by atoms with Gasteiger partial charge in [-0.2, -0.15) is 8.42 Å². The highest BCUT2D eigenvalue weighted by atomic mass is 32.2. The van der Waals surface area contributed by atoms with Crippen LogP contribution in [-0.4, -0.2) is 27.4 Å². The molecule has 0 aliphatic carbocycles. The van der Waals surface area contributed by atoms with Gasteiger partial charge in [0.2, 0.25) is 0 Å². The zero-order valence-corrected chi connectivity index (χ0v) is 10.6. The standard InChI is InChI=1S/C12H16O4S/c1-17(13,14)15-8-4-6-11-9-10-5-2-3-7-12(10)16-11/h2-3,5,7,11H,4,6,8-9H2,1H3. The van der Waals surface area contributed by atoms with E-state index in [-0.39, 0.29) is 12.7 Å². The average molecular weight is 256 g/mol. The summed E-state index contributed by atoms with van der Waals surface area (Å²) in [5.41, 5.74) is 1.22. The second-order valence-electron chi connectivity index (χ2n) is 4.22. The minimum absolute atomic E-state index is 0.149. The molecule has 0 radical (unpaired) electrons. The second-order valence-corrected chi connectivity index (χ2v) is 5.86. The van der Waals surface area contributed by atoms with Crippen LogP contribution in [0.4, 0.5) is 0 Å². The lowest BCUT2D eigenvalue weighted by molar-refractivity contribution is 0.203. The van der Waals surface area contributed by atoms with Crippen LogP contribution in [0.3, 0.4) is 0 Å². The van der Waals surface area contributed by atoms with Crippen molar-refractivity contribution in [2.45, 2.75) is 25.4 Å². The molecule has 1 unspecified atom stereocenters. The van der Waals surface area contributed by atoms with Crippen LogP contribution in [0, 0.1) is 0 Å². The van der Waals surface area contributed by atoms with Gasteiger partial charge in [0.15, 0.2) is 0 Å². The van der Waals surface area contributed by atoms with E-state index in [1.807, 2.05) is 18.2 Å². The lowest BCUT2D eigenvalue weighted by Gasteiger charge is -2.09. The number of hydrogen-bond donors (Lipinski definition) is 0. The van der Waals surface area contributed by atoms with Gasteiger partial charge in [-0.25, -0.2) is 0 Å². The Kier molecular flexibility index (Phi) is 3.69. The third kappa shape index (κ3) is 3.71. The monoisotopic (exact) mass is 256 g/mol. The number of ether oxygens (including phenoxy) is 1. The van der Waals surface area contributed by atoms with Crippen LogP contribution in [0.25, 0.3) is 0 Å². The van der Waals surface area contributed by atoms with Crippen LogP contribution in [-0.2, 0) is 20.7 Å². The lowest BCUT2D eigenvalue weighted by Crippen LogP contribution is -2.14. The van der Waals surface area contributed by atoms with E-state index in [0.29, 0.717) is 6.42 Å². The summed E-state index contributed by atoms with van der Waals surface area (Å²) in [7, 11) is -3.31. The van der Waals surface area contributed by atoms with Crippen molar-refractivity contribution in [3.63, 3.8) is 0 Å². The van der Waals surface area contributed by atoms with Crippen molar-refractivity contribution in [3.05, 3.63) is 29.8 Å². The third-order valence-electron chi connectivity index (χ3n) is 2.68. The number of rotatable bonds is 5. The summed E-state index contributed by atoms with van der Waals surface area (Å²) in [6.45, 7) is 0.231. The van der Waals surface area contributed by atoms with E-state index in [1.165, 1.54) is 5.56 Å². The summed E-state index contributed by atoms with van der Waals surface area (Å²) >= 11 is 0. The molecule has 4 nitrogen and oxygen atoms in total. The van der Waals surface area contributed by atoms with Crippen molar-refractivity contribution < 1.29 is 17.3 Å². The molecule has 1 aromatic carbocycles. The Labute approximate surface area is 102 Å². The van der Waals surface area contributed by atoms with E-state index >= 15 is 0 Å². The topological polar surface area (TPSA) is 52.6 Å². The molecule has 94 valence electrons. The van der Waals surface area contributed by atoms with Crippen LogP contribution in [0.1, 0.15) is 18.4 Å². The molecule has 0 saturated heterocycles. The molecule has 0 bridgehead atoms. The number of para-hydroxylation sites is 1. The molecule has 17 heavy (non-hydrogen) atoms. The van der Waals surface area contributed by atoms with Crippen molar-refractivity contribution >= 4 is 10.1 Å². The highest BCUT2D eigenvalue weighted by Crippen LogP contribution is 2.29. The van der Waals surface area contributed by atoms with Crippen LogP contribution in [0.5, 0.6) is 5.75 Å². The van der Waals surface area contributed by atoms with E-state index in [0.717, 1.165) is 24.8 Å². The number of fused-ring (bicyclic) bond motifs is 1.